The maximum Gasteiger partial charge on any atom is 0.272 e. The second-order valence-electron chi connectivity index (χ2n) is 9.93. The summed E-state index contributed by atoms with van der Waals surface area (Å²) < 4.78 is 0. The Balaban J connectivity index is 1.43. The number of para-hydroxylation sites is 1. The van der Waals surface area contributed by atoms with Crippen LogP contribution >= 0.6 is 11.6 Å². The van der Waals surface area contributed by atoms with Crippen LogP contribution in [-0.2, 0) is 15.0 Å². The molecule has 3 aliphatic carbocycles. The van der Waals surface area contributed by atoms with Crippen molar-refractivity contribution in [2.75, 3.05) is 4.90 Å². The molecule has 0 radical (unpaired) electrons. The lowest BCUT2D eigenvalue weighted by Gasteiger charge is -2.52. The maximum atomic E-state index is 14.3. The Bertz CT molecular complexity index is 1660. The molecule has 1 aliphatic heterocycles. The largest absolute Gasteiger partial charge is 0.274 e. The van der Waals surface area contributed by atoms with Crippen molar-refractivity contribution in [3.8, 4) is 0 Å². The lowest BCUT2D eigenvalue weighted by atomic mass is 9.47. The average Bonchev–Trinajstić information content (AvgIpc) is 3.24. The second kappa shape index (κ2) is 8.71. The fourth-order valence-corrected chi connectivity index (χ4v) is 6.89. The summed E-state index contributed by atoms with van der Waals surface area (Å²) >= 11 is 6.49. The number of nitrogens with zero attached hydrogens (tertiary/aromatic N) is 3. The molecule has 7 nitrogen and oxygen atoms in total. The molecule has 2 heterocycles. The van der Waals surface area contributed by atoms with Gasteiger partial charge in [0.25, 0.3) is 5.91 Å². The van der Waals surface area contributed by atoms with Crippen molar-refractivity contribution in [1.82, 2.24) is 10.4 Å². The molecule has 8 heteroatoms. The van der Waals surface area contributed by atoms with Crippen molar-refractivity contribution in [2.45, 2.75) is 11.3 Å². The maximum absolute atomic E-state index is 14.3. The van der Waals surface area contributed by atoms with Gasteiger partial charge in [0.2, 0.25) is 11.8 Å². The molecule has 4 aliphatic rings. The first kappa shape index (κ1) is 23.5. The molecule has 0 spiro atoms. The molecule has 2 atom stereocenters. The van der Waals surface area contributed by atoms with Crippen LogP contribution in [0.2, 0.25) is 5.02 Å². The van der Waals surface area contributed by atoms with E-state index in [2.05, 4.69) is 15.5 Å². The van der Waals surface area contributed by atoms with E-state index in [-0.39, 0.29) is 17.7 Å². The normalized spacial score (nSPS) is 24.4. The minimum atomic E-state index is -1.09. The fourth-order valence-electron chi connectivity index (χ4n) is 6.67. The molecule has 1 fully saturated rings. The summed E-state index contributed by atoms with van der Waals surface area (Å²) in [6, 6.07) is 25.9. The van der Waals surface area contributed by atoms with E-state index < -0.39 is 23.2 Å². The van der Waals surface area contributed by atoms with Crippen LogP contribution in [0.4, 0.5) is 5.69 Å². The molecule has 4 aromatic rings. The Labute approximate surface area is 229 Å². The molecule has 2 bridgehead atoms. The van der Waals surface area contributed by atoms with Crippen molar-refractivity contribution in [2.24, 2.45) is 16.9 Å². The molecule has 1 aromatic heterocycles. The number of rotatable bonds is 4. The minimum Gasteiger partial charge on any atom is -0.274 e. The molecule has 39 heavy (non-hydrogen) atoms. The minimum absolute atomic E-state index is 0.288. The molecule has 1 saturated heterocycles. The zero-order valence-electron chi connectivity index (χ0n) is 20.5. The van der Waals surface area contributed by atoms with Gasteiger partial charge in [-0.3, -0.25) is 19.4 Å². The second-order valence-corrected chi connectivity index (χ2v) is 10.3. The molecule has 0 saturated carbocycles. The van der Waals surface area contributed by atoms with Gasteiger partial charge < -0.3 is 0 Å². The summed E-state index contributed by atoms with van der Waals surface area (Å²) in [5, 5.41) is 4.74. The average molecular weight is 533 g/mol. The van der Waals surface area contributed by atoms with E-state index in [9.17, 15) is 14.4 Å². The lowest BCUT2D eigenvalue weighted by molar-refractivity contribution is -0.122. The van der Waals surface area contributed by atoms with Crippen LogP contribution in [0, 0.1) is 11.8 Å². The number of aromatic nitrogens is 1. The summed E-state index contributed by atoms with van der Waals surface area (Å²) in [6.07, 6.45) is 4.67. The summed E-state index contributed by atoms with van der Waals surface area (Å²) in [5.74, 6) is -2.77. The van der Waals surface area contributed by atoms with Gasteiger partial charge >= 0.3 is 0 Å². The number of hydrogen-bond acceptors (Lipinski definition) is 5. The summed E-state index contributed by atoms with van der Waals surface area (Å²) in [6.45, 7) is 0. The van der Waals surface area contributed by atoms with Gasteiger partial charge in [0, 0.05) is 24.5 Å². The molecule has 1 N–H and O–H groups in total. The highest BCUT2D eigenvalue weighted by atomic mass is 35.5. The molecular formula is C31H21ClN4O3. The number of amides is 3. The van der Waals surface area contributed by atoms with Crippen LogP contribution in [0.5, 0.6) is 0 Å². The van der Waals surface area contributed by atoms with Gasteiger partial charge in [-0.1, -0.05) is 72.3 Å². The van der Waals surface area contributed by atoms with Crippen molar-refractivity contribution < 1.29 is 14.4 Å². The van der Waals surface area contributed by atoms with Gasteiger partial charge in [0.1, 0.15) is 0 Å². The van der Waals surface area contributed by atoms with Crippen molar-refractivity contribution in [3.05, 3.63) is 130 Å². The number of anilines is 1. The first-order valence-corrected chi connectivity index (χ1v) is 13.0. The van der Waals surface area contributed by atoms with Crippen molar-refractivity contribution >= 4 is 41.2 Å². The van der Waals surface area contributed by atoms with E-state index in [4.69, 9.17) is 11.6 Å². The number of halogens is 1. The van der Waals surface area contributed by atoms with E-state index in [1.165, 1.54) is 11.1 Å². The van der Waals surface area contributed by atoms with Crippen molar-refractivity contribution in [3.63, 3.8) is 0 Å². The highest BCUT2D eigenvalue weighted by Gasteiger charge is 2.68. The third-order valence-corrected chi connectivity index (χ3v) is 8.45. The topological polar surface area (TPSA) is 91.7 Å². The predicted octanol–water partition coefficient (Wildman–Crippen LogP) is 4.70. The Morgan fingerprint density at radius 3 is 2.23 bits per heavy atom. The number of hydrazone groups is 1. The first-order chi connectivity index (χ1) is 19.0. The lowest BCUT2D eigenvalue weighted by Crippen LogP contribution is -2.54. The molecule has 190 valence electrons. The smallest absolute Gasteiger partial charge is 0.272 e. The number of imide groups is 1. The quantitative estimate of drug-likeness (QED) is 0.234. The number of carbonyl (C=O) groups is 3. The van der Waals surface area contributed by atoms with E-state index in [1.807, 2.05) is 48.5 Å². The SMILES string of the molecule is O=C(NN=CC12c3ccccc3C(c3ccccc31)C1C(=O)N(c3ccccc3Cl)C(=O)C12)c1cccnc1. The Kier molecular flexibility index (Phi) is 5.25. The third kappa shape index (κ3) is 3.20. The van der Waals surface area contributed by atoms with E-state index in [0.29, 0.717) is 16.3 Å². The molecule has 2 unspecified atom stereocenters. The Morgan fingerprint density at radius 2 is 1.56 bits per heavy atom. The third-order valence-electron chi connectivity index (χ3n) is 8.14. The number of carbonyl (C=O) groups excluding carboxylic acids is 3. The zero-order valence-corrected chi connectivity index (χ0v) is 21.2. The summed E-state index contributed by atoms with van der Waals surface area (Å²) in [5.41, 5.74) is 5.99. The summed E-state index contributed by atoms with van der Waals surface area (Å²) in [4.78, 5) is 46.5. The van der Waals surface area contributed by atoms with Crippen LogP contribution in [0.25, 0.3) is 0 Å². The summed E-state index contributed by atoms with van der Waals surface area (Å²) in [7, 11) is 0. The van der Waals surface area contributed by atoms with Gasteiger partial charge in [0.15, 0.2) is 0 Å². The number of pyridine rings is 1. The standard InChI is InChI=1S/C31H21ClN4O3/c32-23-13-5-6-14-24(23)36-29(38)26-25-19-9-1-3-11-21(19)31(27(26)30(36)39,22-12-4-2-10-20(22)25)17-34-35-28(37)18-8-7-15-33-16-18/h1-17,25-27H,(H,35,37). The first-order valence-electron chi connectivity index (χ1n) is 12.6. The van der Waals surface area contributed by atoms with Gasteiger partial charge in [-0.2, -0.15) is 5.10 Å². The zero-order chi connectivity index (χ0) is 26.7. The van der Waals surface area contributed by atoms with Crippen LogP contribution in [-0.4, -0.2) is 28.9 Å². The van der Waals surface area contributed by atoms with Crippen molar-refractivity contribution in [1.29, 1.82) is 0 Å². The van der Waals surface area contributed by atoms with Gasteiger partial charge in [-0.25, -0.2) is 10.3 Å². The van der Waals surface area contributed by atoms with Crippen LogP contribution in [0.3, 0.4) is 0 Å². The van der Waals surface area contributed by atoms with Gasteiger partial charge in [-0.15, -0.1) is 0 Å². The predicted molar refractivity (Wildman–Crippen MR) is 147 cm³/mol. The monoisotopic (exact) mass is 532 g/mol. The fraction of sp³-hybridized carbons (Fsp3) is 0.129. The number of hydrogen-bond donors (Lipinski definition) is 1. The van der Waals surface area contributed by atoms with E-state index >= 15 is 0 Å². The van der Waals surface area contributed by atoms with Gasteiger partial charge in [0.05, 0.1) is 33.5 Å². The number of nitrogens with one attached hydrogen (secondary N) is 1. The highest BCUT2D eigenvalue weighted by Crippen LogP contribution is 2.63. The Hall–Kier alpha value is -4.62. The van der Waals surface area contributed by atoms with Crippen LogP contribution in [0.15, 0.2) is 102 Å². The number of benzene rings is 3. The molecular weight excluding hydrogens is 512 g/mol. The highest BCUT2D eigenvalue weighted by molar-refractivity contribution is 6.36. The van der Waals surface area contributed by atoms with E-state index in [0.717, 1.165) is 22.3 Å². The van der Waals surface area contributed by atoms with Gasteiger partial charge in [-0.05, 0) is 46.5 Å². The molecule has 3 amide bonds. The molecule has 8 rings (SSSR count). The Morgan fingerprint density at radius 1 is 0.897 bits per heavy atom. The molecule has 3 aromatic carbocycles. The van der Waals surface area contributed by atoms with Crippen LogP contribution < -0.4 is 10.3 Å². The van der Waals surface area contributed by atoms with E-state index in [1.54, 1.807) is 48.8 Å². The van der Waals surface area contributed by atoms with Crippen LogP contribution in [0.1, 0.15) is 38.5 Å².